The van der Waals surface area contributed by atoms with Gasteiger partial charge in [-0.3, -0.25) is 0 Å². The molecule has 0 spiro atoms. The van der Waals surface area contributed by atoms with Crippen molar-refractivity contribution in [1.29, 1.82) is 5.26 Å². The van der Waals surface area contributed by atoms with Gasteiger partial charge < -0.3 is 0 Å². The van der Waals surface area contributed by atoms with Gasteiger partial charge in [-0.2, -0.15) is 23.1 Å². The van der Waals surface area contributed by atoms with Crippen LogP contribution in [0.1, 0.15) is 36.8 Å². The minimum Gasteiger partial charge on any atom is -0.223 e. The molecule has 5 nitrogen and oxygen atoms in total. The molecule has 2 rings (SSSR count). The highest BCUT2D eigenvalue weighted by Crippen LogP contribution is 2.29. The fourth-order valence-electron chi connectivity index (χ4n) is 1.80. The summed E-state index contributed by atoms with van der Waals surface area (Å²) in [6.07, 6.45) is -3.57. The van der Waals surface area contributed by atoms with Crippen molar-refractivity contribution in [2.24, 2.45) is 0 Å². The Morgan fingerprint density at radius 1 is 1.19 bits per heavy atom. The number of aryl methyl sites for hydroxylation is 2. The molecule has 0 saturated heterocycles. The maximum atomic E-state index is 12.8. The Balaban J connectivity index is 2.67. The molecule has 0 radical (unpaired) electrons. The Bertz CT molecular complexity index is 697. The molecule has 0 amide bonds. The summed E-state index contributed by atoms with van der Waals surface area (Å²) in [5.41, 5.74) is -1.04. The van der Waals surface area contributed by atoms with Crippen LogP contribution in [0.3, 0.4) is 0 Å². The van der Waals surface area contributed by atoms with Crippen molar-refractivity contribution in [3.05, 3.63) is 35.0 Å². The van der Waals surface area contributed by atoms with Gasteiger partial charge in [0.15, 0.2) is 11.6 Å². The maximum absolute atomic E-state index is 12.8. The normalized spacial score (nSPS) is 11.4. The topological polar surface area (TPSA) is 67.4 Å². The fourth-order valence-corrected chi connectivity index (χ4v) is 1.80. The second kappa shape index (κ2) is 5.52. The van der Waals surface area contributed by atoms with E-state index in [-0.39, 0.29) is 11.4 Å². The number of hydrogen-bond donors (Lipinski definition) is 0. The first kappa shape index (κ1) is 15.0. The van der Waals surface area contributed by atoms with Crippen molar-refractivity contribution in [3.8, 4) is 11.9 Å². The first-order chi connectivity index (χ1) is 9.90. The van der Waals surface area contributed by atoms with E-state index < -0.39 is 11.9 Å². The van der Waals surface area contributed by atoms with E-state index >= 15 is 0 Å². The smallest absolute Gasteiger partial charge is 0.223 e. The number of halogens is 3. The molecular formula is C13H12F3N5. The van der Waals surface area contributed by atoms with E-state index in [0.717, 1.165) is 12.1 Å². The molecule has 110 valence electrons. The van der Waals surface area contributed by atoms with Gasteiger partial charge in [0.2, 0.25) is 0 Å². The Morgan fingerprint density at radius 3 is 2.43 bits per heavy atom. The summed E-state index contributed by atoms with van der Waals surface area (Å²) in [5.74, 6) is 0.821. The first-order valence-corrected chi connectivity index (χ1v) is 6.34. The standard InChI is InChI=1S/C13H12F3N5/c1-3-10-19-11(4-2)21(20-10)12-8(7-17)5-6-9(18-12)13(14,15)16/h5-6H,3-4H2,1-2H3. The van der Waals surface area contributed by atoms with Gasteiger partial charge in [-0.05, 0) is 12.1 Å². The molecule has 21 heavy (non-hydrogen) atoms. The van der Waals surface area contributed by atoms with E-state index in [9.17, 15) is 13.2 Å². The maximum Gasteiger partial charge on any atom is 0.433 e. The van der Waals surface area contributed by atoms with Gasteiger partial charge in [0.25, 0.3) is 0 Å². The van der Waals surface area contributed by atoms with Crippen LogP contribution in [0.5, 0.6) is 0 Å². The van der Waals surface area contributed by atoms with Crippen molar-refractivity contribution in [2.45, 2.75) is 32.9 Å². The Morgan fingerprint density at radius 2 is 1.90 bits per heavy atom. The van der Waals surface area contributed by atoms with Crippen molar-refractivity contribution >= 4 is 0 Å². The summed E-state index contributed by atoms with van der Waals surface area (Å²) >= 11 is 0. The molecule has 0 aromatic carbocycles. The number of nitriles is 1. The minimum absolute atomic E-state index is 0.0188. The zero-order chi connectivity index (χ0) is 15.6. The summed E-state index contributed by atoms with van der Waals surface area (Å²) in [7, 11) is 0. The highest BCUT2D eigenvalue weighted by atomic mass is 19.4. The zero-order valence-electron chi connectivity index (χ0n) is 11.4. The van der Waals surface area contributed by atoms with Crippen molar-refractivity contribution in [1.82, 2.24) is 19.7 Å². The Hall–Kier alpha value is -2.43. The molecule has 2 aromatic rings. The number of rotatable bonds is 3. The molecule has 2 aromatic heterocycles. The lowest BCUT2D eigenvalue weighted by atomic mass is 10.2. The van der Waals surface area contributed by atoms with Gasteiger partial charge >= 0.3 is 6.18 Å². The van der Waals surface area contributed by atoms with Crippen LogP contribution in [0, 0.1) is 11.3 Å². The highest BCUT2D eigenvalue weighted by Gasteiger charge is 2.33. The van der Waals surface area contributed by atoms with E-state index in [4.69, 9.17) is 5.26 Å². The molecule has 0 unspecified atom stereocenters. The number of hydrogen-bond acceptors (Lipinski definition) is 4. The van der Waals surface area contributed by atoms with Crippen LogP contribution in [-0.2, 0) is 19.0 Å². The molecule has 0 atom stereocenters. The van der Waals surface area contributed by atoms with Gasteiger partial charge in [-0.25, -0.2) is 9.97 Å². The van der Waals surface area contributed by atoms with Crippen molar-refractivity contribution in [2.75, 3.05) is 0 Å². The molecule has 0 N–H and O–H groups in total. The van der Waals surface area contributed by atoms with E-state index in [1.165, 1.54) is 4.68 Å². The van der Waals surface area contributed by atoms with Crippen LogP contribution in [0.2, 0.25) is 0 Å². The molecule has 2 heterocycles. The van der Waals surface area contributed by atoms with Crippen molar-refractivity contribution in [3.63, 3.8) is 0 Å². The summed E-state index contributed by atoms with van der Waals surface area (Å²) in [6.45, 7) is 3.64. The van der Waals surface area contributed by atoms with E-state index in [1.54, 1.807) is 6.92 Å². The highest BCUT2D eigenvalue weighted by molar-refractivity contribution is 5.44. The molecule has 0 aliphatic rings. The van der Waals surface area contributed by atoms with Crippen LogP contribution in [-0.4, -0.2) is 19.7 Å². The molecule has 8 heteroatoms. The molecular weight excluding hydrogens is 283 g/mol. The summed E-state index contributed by atoms with van der Waals surface area (Å²) in [6, 6.07) is 3.71. The monoisotopic (exact) mass is 295 g/mol. The predicted octanol–water partition coefficient (Wildman–Crippen LogP) is 2.68. The fraction of sp³-hybridized carbons (Fsp3) is 0.385. The van der Waals surface area contributed by atoms with E-state index in [2.05, 4.69) is 15.1 Å². The first-order valence-electron chi connectivity index (χ1n) is 6.34. The average molecular weight is 295 g/mol. The summed E-state index contributed by atoms with van der Waals surface area (Å²) < 4.78 is 39.6. The second-order valence-corrected chi connectivity index (χ2v) is 4.24. The molecule has 0 aliphatic carbocycles. The lowest BCUT2D eigenvalue weighted by Crippen LogP contribution is -2.13. The third kappa shape index (κ3) is 2.86. The third-order valence-corrected chi connectivity index (χ3v) is 2.84. The van der Waals surface area contributed by atoms with Gasteiger partial charge in [0.05, 0.1) is 5.56 Å². The van der Waals surface area contributed by atoms with Crippen LogP contribution < -0.4 is 0 Å². The van der Waals surface area contributed by atoms with Gasteiger partial charge in [0.1, 0.15) is 17.6 Å². The van der Waals surface area contributed by atoms with Crippen LogP contribution in [0.4, 0.5) is 13.2 Å². The SMILES string of the molecule is CCc1nc(CC)n(-c2nc(C(F)(F)F)ccc2C#N)n1. The summed E-state index contributed by atoms with van der Waals surface area (Å²) in [4.78, 5) is 7.77. The van der Waals surface area contributed by atoms with E-state index in [0.29, 0.717) is 24.5 Å². The van der Waals surface area contributed by atoms with E-state index in [1.807, 2.05) is 13.0 Å². The molecule has 0 saturated carbocycles. The Labute approximate surface area is 119 Å². The van der Waals surface area contributed by atoms with Crippen LogP contribution >= 0.6 is 0 Å². The Kier molecular flexibility index (Phi) is 3.93. The lowest BCUT2D eigenvalue weighted by molar-refractivity contribution is -0.141. The predicted molar refractivity (Wildman–Crippen MR) is 67.6 cm³/mol. The molecule has 0 fully saturated rings. The number of aromatic nitrogens is 4. The minimum atomic E-state index is -4.58. The molecule has 0 aliphatic heterocycles. The largest absolute Gasteiger partial charge is 0.433 e. The van der Waals surface area contributed by atoms with Crippen molar-refractivity contribution < 1.29 is 13.2 Å². The summed E-state index contributed by atoms with van der Waals surface area (Å²) in [5, 5.41) is 13.2. The van der Waals surface area contributed by atoms with Gasteiger partial charge in [-0.15, -0.1) is 5.10 Å². The number of alkyl halides is 3. The quantitative estimate of drug-likeness (QED) is 0.873. The molecule has 0 bridgehead atoms. The van der Waals surface area contributed by atoms with Crippen LogP contribution in [0.15, 0.2) is 12.1 Å². The van der Waals surface area contributed by atoms with Gasteiger partial charge in [-0.1, -0.05) is 13.8 Å². The lowest BCUT2D eigenvalue weighted by Gasteiger charge is -2.10. The number of pyridine rings is 1. The number of nitrogens with zero attached hydrogens (tertiary/aromatic N) is 5. The van der Waals surface area contributed by atoms with Crippen LogP contribution in [0.25, 0.3) is 5.82 Å². The second-order valence-electron chi connectivity index (χ2n) is 4.24. The van der Waals surface area contributed by atoms with Gasteiger partial charge in [0, 0.05) is 12.8 Å². The third-order valence-electron chi connectivity index (χ3n) is 2.84. The zero-order valence-corrected chi connectivity index (χ0v) is 11.4. The average Bonchev–Trinajstić information content (AvgIpc) is 2.88.